The predicted octanol–water partition coefficient (Wildman–Crippen LogP) is 3.23. The molecule has 0 N–H and O–H groups in total. The lowest BCUT2D eigenvalue weighted by molar-refractivity contribution is -0.137. The molecule has 1 heterocycles. The van der Waals surface area contributed by atoms with Crippen LogP contribution < -0.4 is 9.47 Å². The minimum Gasteiger partial charge on any atom is -0.493 e. The topological polar surface area (TPSA) is 59.1 Å². The first-order chi connectivity index (χ1) is 14.1. The fourth-order valence-corrected chi connectivity index (χ4v) is 4.75. The zero-order valence-electron chi connectivity index (χ0n) is 16.6. The number of methoxy groups -OCH3 is 2. The number of ether oxygens (including phenoxy) is 2. The Morgan fingerprint density at radius 3 is 2.03 bits per heavy atom. The predicted molar refractivity (Wildman–Crippen MR) is 105 cm³/mol. The van der Waals surface area contributed by atoms with E-state index in [2.05, 4.69) is 4.90 Å². The van der Waals surface area contributed by atoms with E-state index < -0.39 is 21.8 Å². The van der Waals surface area contributed by atoms with Gasteiger partial charge in [-0.15, -0.1) is 0 Å². The van der Waals surface area contributed by atoms with E-state index in [1.54, 1.807) is 14.2 Å². The van der Waals surface area contributed by atoms with Crippen LogP contribution in [0.3, 0.4) is 0 Å². The zero-order valence-corrected chi connectivity index (χ0v) is 17.5. The number of alkyl halides is 3. The van der Waals surface area contributed by atoms with Crippen LogP contribution in [0.2, 0.25) is 0 Å². The SMILES string of the molecule is COc1ccc(CN2CCN(S(=O)(=O)c3ccc(C(F)(F)F)cc3)CC2)cc1OC. The molecule has 0 radical (unpaired) electrons. The lowest BCUT2D eigenvalue weighted by atomic mass is 10.1. The van der Waals surface area contributed by atoms with Crippen molar-refractivity contribution in [1.82, 2.24) is 9.21 Å². The zero-order chi connectivity index (χ0) is 21.9. The van der Waals surface area contributed by atoms with Gasteiger partial charge >= 0.3 is 6.18 Å². The number of halogens is 3. The molecule has 2 aromatic rings. The molecule has 30 heavy (non-hydrogen) atoms. The summed E-state index contributed by atoms with van der Waals surface area (Å²) in [4.78, 5) is 1.98. The van der Waals surface area contributed by atoms with Crippen LogP contribution in [-0.4, -0.2) is 58.0 Å². The third-order valence-corrected chi connectivity index (χ3v) is 6.92. The highest BCUT2D eigenvalue weighted by Gasteiger charge is 2.32. The van der Waals surface area contributed by atoms with Crippen molar-refractivity contribution in [2.75, 3.05) is 40.4 Å². The minimum absolute atomic E-state index is 0.135. The number of benzene rings is 2. The van der Waals surface area contributed by atoms with Gasteiger partial charge in [0, 0.05) is 32.7 Å². The molecule has 0 amide bonds. The van der Waals surface area contributed by atoms with Gasteiger partial charge in [0.15, 0.2) is 11.5 Å². The first kappa shape index (κ1) is 22.4. The standard InChI is InChI=1S/C20H23F3N2O4S/c1-28-18-8-3-15(13-19(18)29-2)14-24-9-11-25(12-10-24)30(26,27)17-6-4-16(5-7-17)20(21,22)23/h3-8,13H,9-12,14H2,1-2H3. The van der Waals surface area contributed by atoms with Crippen molar-refractivity contribution >= 4 is 10.0 Å². The Bertz CT molecular complexity index is 971. The third-order valence-electron chi connectivity index (χ3n) is 5.00. The van der Waals surface area contributed by atoms with E-state index in [-0.39, 0.29) is 18.0 Å². The first-order valence-corrected chi connectivity index (χ1v) is 10.7. The molecule has 0 bridgehead atoms. The Hall–Kier alpha value is -2.30. The van der Waals surface area contributed by atoms with Crippen molar-refractivity contribution in [3.63, 3.8) is 0 Å². The minimum atomic E-state index is -4.50. The van der Waals surface area contributed by atoms with Gasteiger partial charge in [-0.1, -0.05) is 6.07 Å². The van der Waals surface area contributed by atoms with Gasteiger partial charge in [-0.05, 0) is 42.0 Å². The summed E-state index contributed by atoms with van der Waals surface area (Å²) in [5.41, 5.74) is 0.132. The lowest BCUT2D eigenvalue weighted by Crippen LogP contribution is -2.48. The average molecular weight is 444 g/mol. The van der Waals surface area contributed by atoms with Crippen LogP contribution in [-0.2, 0) is 22.7 Å². The van der Waals surface area contributed by atoms with Gasteiger partial charge in [-0.2, -0.15) is 17.5 Å². The molecule has 3 rings (SSSR count). The van der Waals surface area contributed by atoms with E-state index in [0.29, 0.717) is 31.1 Å². The highest BCUT2D eigenvalue weighted by atomic mass is 32.2. The molecule has 1 aliphatic rings. The van der Waals surface area contributed by atoms with Gasteiger partial charge in [-0.3, -0.25) is 4.90 Å². The molecule has 2 aromatic carbocycles. The molecule has 0 saturated carbocycles. The molecule has 0 aliphatic carbocycles. The van der Waals surface area contributed by atoms with E-state index in [4.69, 9.17) is 9.47 Å². The van der Waals surface area contributed by atoms with Crippen molar-refractivity contribution in [2.24, 2.45) is 0 Å². The van der Waals surface area contributed by atoms with Crippen molar-refractivity contribution in [2.45, 2.75) is 17.6 Å². The van der Waals surface area contributed by atoms with Crippen LogP contribution in [0, 0.1) is 0 Å². The van der Waals surface area contributed by atoms with Crippen LogP contribution in [0.15, 0.2) is 47.4 Å². The largest absolute Gasteiger partial charge is 0.493 e. The molecular weight excluding hydrogens is 421 g/mol. The van der Waals surface area contributed by atoms with Crippen LogP contribution in [0.4, 0.5) is 13.2 Å². The molecule has 1 fully saturated rings. The van der Waals surface area contributed by atoms with E-state index in [1.807, 2.05) is 18.2 Å². The smallest absolute Gasteiger partial charge is 0.416 e. The van der Waals surface area contributed by atoms with Gasteiger partial charge in [0.05, 0.1) is 24.7 Å². The molecular formula is C20H23F3N2O4S. The third kappa shape index (κ3) is 4.88. The van der Waals surface area contributed by atoms with Gasteiger partial charge in [0.25, 0.3) is 0 Å². The van der Waals surface area contributed by atoms with Crippen molar-refractivity contribution in [3.05, 3.63) is 53.6 Å². The summed E-state index contributed by atoms with van der Waals surface area (Å²) in [5, 5.41) is 0. The second-order valence-corrected chi connectivity index (χ2v) is 8.83. The first-order valence-electron chi connectivity index (χ1n) is 9.26. The van der Waals surface area contributed by atoms with Crippen LogP contribution in [0.1, 0.15) is 11.1 Å². The molecule has 0 spiro atoms. The molecule has 6 nitrogen and oxygen atoms in total. The van der Waals surface area contributed by atoms with Crippen molar-refractivity contribution < 1.29 is 31.1 Å². The Morgan fingerprint density at radius 2 is 1.50 bits per heavy atom. The number of hydrogen-bond donors (Lipinski definition) is 0. The molecule has 1 saturated heterocycles. The highest BCUT2D eigenvalue weighted by molar-refractivity contribution is 7.89. The lowest BCUT2D eigenvalue weighted by Gasteiger charge is -2.34. The molecule has 0 atom stereocenters. The van der Waals surface area contributed by atoms with Crippen LogP contribution >= 0.6 is 0 Å². The summed E-state index contributed by atoms with van der Waals surface area (Å²) in [6.45, 7) is 2.16. The average Bonchev–Trinajstić information content (AvgIpc) is 2.73. The monoisotopic (exact) mass is 444 g/mol. The number of rotatable bonds is 6. The summed E-state index contributed by atoms with van der Waals surface area (Å²) in [7, 11) is -0.712. The quantitative estimate of drug-likeness (QED) is 0.685. The highest BCUT2D eigenvalue weighted by Crippen LogP contribution is 2.31. The van der Waals surface area contributed by atoms with E-state index in [9.17, 15) is 21.6 Å². The van der Waals surface area contributed by atoms with E-state index >= 15 is 0 Å². The van der Waals surface area contributed by atoms with Crippen molar-refractivity contribution in [3.8, 4) is 11.5 Å². The van der Waals surface area contributed by atoms with Crippen molar-refractivity contribution in [1.29, 1.82) is 0 Å². The Kier molecular flexibility index (Phi) is 6.59. The molecule has 10 heteroatoms. The summed E-state index contributed by atoms with van der Waals surface area (Å²) in [6.07, 6.45) is -4.50. The second kappa shape index (κ2) is 8.83. The maximum absolute atomic E-state index is 12.8. The summed E-state index contributed by atoms with van der Waals surface area (Å²) >= 11 is 0. The normalized spacial score (nSPS) is 16.4. The fourth-order valence-electron chi connectivity index (χ4n) is 3.33. The van der Waals surface area contributed by atoms with E-state index in [0.717, 1.165) is 29.8 Å². The van der Waals surface area contributed by atoms with Crippen LogP contribution in [0.5, 0.6) is 11.5 Å². The molecule has 0 aromatic heterocycles. The number of nitrogens with zero attached hydrogens (tertiary/aromatic N) is 2. The fraction of sp³-hybridized carbons (Fsp3) is 0.400. The maximum atomic E-state index is 12.8. The number of piperazine rings is 1. The summed E-state index contributed by atoms with van der Waals surface area (Å²) in [6, 6.07) is 9.22. The number of sulfonamides is 1. The molecule has 164 valence electrons. The Labute approximate surface area is 173 Å². The summed E-state index contributed by atoms with van der Waals surface area (Å²) in [5.74, 6) is 1.26. The maximum Gasteiger partial charge on any atom is 0.416 e. The second-order valence-electron chi connectivity index (χ2n) is 6.89. The Morgan fingerprint density at radius 1 is 0.900 bits per heavy atom. The van der Waals surface area contributed by atoms with Gasteiger partial charge < -0.3 is 9.47 Å². The molecule has 0 unspecified atom stereocenters. The van der Waals surface area contributed by atoms with Crippen LogP contribution in [0.25, 0.3) is 0 Å². The summed E-state index contributed by atoms with van der Waals surface area (Å²) < 4.78 is 75.5. The van der Waals surface area contributed by atoms with Gasteiger partial charge in [-0.25, -0.2) is 8.42 Å². The molecule has 1 aliphatic heterocycles. The van der Waals surface area contributed by atoms with Gasteiger partial charge in [0.2, 0.25) is 10.0 Å². The Balaban J connectivity index is 1.63. The number of hydrogen-bond acceptors (Lipinski definition) is 5. The van der Waals surface area contributed by atoms with E-state index in [1.165, 1.54) is 4.31 Å². The van der Waals surface area contributed by atoms with Gasteiger partial charge in [0.1, 0.15) is 0 Å².